The standard InChI is InChI=1S/C16H18N4O2S/c1-4-20-11(2)18-19-16(20)23-10-15-17-9-14(22-15)12-6-5-7-13(8-12)21-3/h5-9H,4,10H2,1-3H3. The van der Waals surface area contributed by atoms with E-state index >= 15 is 0 Å². The van der Waals surface area contributed by atoms with Gasteiger partial charge in [0, 0.05) is 12.1 Å². The first kappa shape index (κ1) is 15.6. The maximum Gasteiger partial charge on any atom is 0.205 e. The fourth-order valence-electron chi connectivity index (χ4n) is 2.25. The van der Waals surface area contributed by atoms with E-state index < -0.39 is 0 Å². The third-order valence-corrected chi connectivity index (χ3v) is 4.40. The van der Waals surface area contributed by atoms with Gasteiger partial charge in [0.15, 0.2) is 10.9 Å². The lowest BCUT2D eigenvalue weighted by molar-refractivity contribution is 0.414. The molecular formula is C16H18N4O2S. The monoisotopic (exact) mass is 330 g/mol. The van der Waals surface area contributed by atoms with Crippen LogP contribution in [0.2, 0.25) is 0 Å². The molecule has 0 radical (unpaired) electrons. The SMILES string of the molecule is CCn1c(C)nnc1SCc1ncc(-c2cccc(OC)c2)o1. The van der Waals surface area contributed by atoms with Crippen molar-refractivity contribution in [3.63, 3.8) is 0 Å². The summed E-state index contributed by atoms with van der Waals surface area (Å²) in [6.45, 7) is 4.88. The maximum absolute atomic E-state index is 5.83. The summed E-state index contributed by atoms with van der Waals surface area (Å²) in [5.74, 6) is 3.71. The number of nitrogens with zero attached hydrogens (tertiary/aromatic N) is 4. The Balaban J connectivity index is 1.72. The first-order valence-electron chi connectivity index (χ1n) is 7.33. The van der Waals surface area contributed by atoms with Crippen molar-refractivity contribution in [2.75, 3.05) is 7.11 Å². The van der Waals surface area contributed by atoms with E-state index in [-0.39, 0.29) is 0 Å². The van der Waals surface area contributed by atoms with Crippen molar-refractivity contribution in [2.24, 2.45) is 0 Å². The molecule has 1 aromatic carbocycles. The van der Waals surface area contributed by atoms with Crippen LogP contribution in [0.1, 0.15) is 18.6 Å². The summed E-state index contributed by atoms with van der Waals surface area (Å²) < 4.78 is 13.1. The molecule has 6 nitrogen and oxygen atoms in total. The molecule has 0 unspecified atom stereocenters. The molecule has 0 amide bonds. The van der Waals surface area contributed by atoms with Crippen LogP contribution in [0.25, 0.3) is 11.3 Å². The van der Waals surface area contributed by atoms with Crippen LogP contribution in [0.3, 0.4) is 0 Å². The molecule has 120 valence electrons. The Morgan fingerprint density at radius 3 is 2.96 bits per heavy atom. The molecule has 0 saturated carbocycles. The first-order valence-corrected chi connectivity index (χ1v) is 8.31. The van der Waals surface area contributed by atoms with Crippen LogP contribution in [0, 0.1) is 6.92 Å². The van der Waals surface area contributed by atoms with E-state index in [1.807, 2.05) is 31.2 Å². The Kier molecular flexibility index (Phi) is 4.66. The molecule has 3 rings (SSSR count). The van der Waals surface area contributed by atoms with Crippen molar-refractivity contribution in [1.82, 2.24) is 19.7 Å². The number of hydrogen-bond acceptors (Lipinski definition) is 6. The smallest absolute Gasteiger partial charge is 0.205 e. The summed E-state index contributed by atoms with van der Waals surface area (Å²) in [5, 5.41) is 9.16. The Hall–Kier alpha value is -2.28. The molecule has 0 bridgehead atoms. The normalized spacial score (nSPS) is 10.9. The number of benzene rings is 1. The molecule has 0 spiro atoms. The molecular weight excluding hydrogens is 312 g/mol. The van der Waals surface area contributed by atoms with Crippen LogP contribution >= 0.6 is 11.8 Å². The van der Waals surface area contributed by atoms with Crippen molar-refractivity contribution >= 4 is 11.8 Å². The second kappa shape index (κ2) is 6.87. The van der Waals surface area contributed by atoms with E-state index in [1.54, 1.807) is 25.1 Å². The summed E-state index contributed by atoms with van der Waals surface area (Å²) in [4.78, 5) is 4.34. The molecule has 0 fully saturated rings. The summed E-state index contributed by atoms with van der Waals surface area (Å²) in [6.07, 6.45) is 1.74. The molecule has 2 heterocycles. The molecule has 0 N–H and O–H groups in total. The summed E-state index contributed by atoms with van der Waals surface area (Å²) in [7, 11) is 1.65. The Morgan fingerprint density at radius 2 is 2.17 bits per heavy atom. The van der Waals surface area contributed by atoms with Crippen molar-refractivity contribution in [1.29, 1.82) is 0 Å². The lowest BCUT2D eigenvalue weighted by Gasteiger charge is -2.03. The third kappa shape index (κ3) is 3.39. The minimum absolute atomic E-state index is 0.613. The third-order valence-electron chi connectivity index (χ3n) is 3.45. The molecule has 0 aliphatic rings. The van der Waals surface area contributed by atoms with Gasteiger partial charge in [0.1, 0.15) is 11.6 Å². The largest absolute Gasteiger partial charge is 0.497 e. The predicted octanol–water partition coefficient (Wildman–Crippen LogP) is 3.56. The molecule has 0 aliphatic heterocycles. The fourth-order valence-corrected chi connectivity index (χ4v) is 3.15. The van der Waals surface area contributed by atoms with Crippen LogP contribution in [-0.4, -0.2) is 26.9 Å². The maximum atomic E-state index is 5.83. The van der Waals surface area contributed by atoms with Crippen LogP contribution in [-0.2, 0) is 12.3 Å². The number of methoxy groups -OCH3 is 1. The number of aryl methyl sites for hydroxylation is 1. The quantitative estimate of drug-likeness (QED) is 0.644. The van der Waals surface area contributed by atoms with Gasteiger partial charge in [-0.15, -0.1) is 10.2 Å². The van der Waals surface area contributed by atoms with Gasteiger partial charge in [-0.1, -0.05) is 23.9 Å². The lowest BCUT2D eigenvalue weighted by atomic mass is 10.2. The van der Waals surface area contributed by atoms with Gasteiger partial charge in [-0.3, -0.25) is 0 Å². The highest BCUT2D eigenvalue weighted by atomic mass is 32.2. The van der Waals surface area contributed by atoms with E-state index in [0.717, 1.165) is 34.6 Å². The number of aromatic nitrogens is 4. The van der Waals surface area contributed by atoms with Gasteiger partial charge < -0.3 is 13.7 Å². The first-order chi connectivity index (χ1) is 11.2. The van der Waals surface area contributed by atoms with Crippen molar-refractivity contribution in [3.05, 3.63) is 42.2 Å². The molecule has 3 aromatic rings. The van der Waals surface area contributed by atoms with Crippen LogP contribution in [0.15, 0.2) is 40.0 Å². The zero-order chi connectivity index (χ0) is 16.2. The number of rotatable bonds is 6. The van der Waals surface area contributed by atoms with E-state index in [1.165, 1.54) is 0 Å². The lowest BCUT2D eigenvalue weighted by Crippen LogP contribution is -1.99. The van der Waals surface area contributed by atoms with Crippen LogP contribution in [0.5, 0.6) is 5.75 Å². The number of oxazole rings is 1. The Labute approximate surface area is 138 Å². The molecule has 7 heteroatoms. The molecule has 23 heavy (non-hydrogen) atoms. The van der Waals surface area contributed by atoms with E-state index in [9.17, 15) is 0 Å². The minimum Gasteiger partial charge on any atom is -0.497 e. The minimum atomic E-state index is 0.613. The zero-order valence-corrected chi connectivity index (χ0v) is 14.1. The van der Waals surface area contributed by atoms with E-state index in [2.05, 4.69) is 26.7 Å². The molecule has 0 saturated heterocycles. The number of thioether (sulfide) groups is 1. The van der Waals surface area contributed by atoms with Crippen LogP contribution < -0.4 is 4.74 Å². The topological polar surface area (TPSA) is 66.0 Å². The van der Waals surface area contributed by atoms with Gasteiger partial charge in [0.2, 0.25) is 5.89 Å². The molecule has 0 aliphatic carbocycles. The average molecular weight is 330 g/mol. The summed E-state index contributed by atoms with van der Waals surface area (Å²) in [5.41, 5.74) is 0.945. The van der Waals surface area contributed by atoms with E-state index in [4.69, 9.17) is 9.15 Å². The van der Waals surface area contributed by atoms with Crippen LogP contribution in [0.4, 0.5) is 0 Å². The molecule has 2 aromatic heterocycles. The number of hydrogen-bond donors (Lipinski definition) is 0. The highest BCUT2D eigenvalue weighted by molar-refractivity contribution is 7.98. The van der Waals surface area contributed by atoms with Crippen molar-refractivity contribution in [3.8, 4) is 17.1 Å². The van der Waals surface area contributed by atoms with Gasteiger partial charge in [-0.2, -0.15) is 0 Å². The highest BCUT2D eigenvalue weighted by Crippen LogP contribution is 2.27. The molecule has 0 atom stereocenters. The van der Waals surface area contributed by atoms with Crippen molar-refractivity contribution in [2.45, 2.75) is 31.3 Å². The second-order valence-electron chi connectivity index (χ2n) is 4.91. The zero-order valence-electron chi connectivity index (χ0n) is 13.3. The average Bonchev–Trinajstić information content (AvgIpc) is 3.19. The summed E-state index contributed by atoms with van der Waals surface area (Å²) in [6, 6.07) is 7.72. The van der Waals surface area contributed by atoms with Gasteiger partial charge >= 0.3 is 0 Å². The number of ether oxygens (including phenoxy) is 1. The highest BCUT2D eigenvalue weighted by Gasteiger charge is 2.11. The van der Waals surface area contributed by atoms with Crippen molar-refractivity contribution < 1.29 is 9.15 Å². The Bertz CT molecular complexity index is 797. The summed E-state index contributed by atoms with van der Waals surface area (Å²) >= 11 is 1.57. The fraction of sp³-hybridized carbons (Fsp3) is 0.312. The van der Waals surface area contributed by atoms with Gasteiger partial charge in [-0.25, -0.2) is 4.98 Å². The predicted molar refractivity (Wildman–Crippen MR) is 88.5 cm³/mol. The van der Waals surface area contributed by atoms with Gasteiger partial charge in [0.05, 0.1) is 19.1 Å². The van der Waals surface area contributed by atoms with Gasteiger partial charge in [0.25, 0.3) is 0 Å². The van der Waals surface area contributed by atoms with E-state index in [0.29, 0.717) is 11.6 Å². The Morgan fingerprint density at radius 1 is 1.30 bits per heavy atom. The van der Waals surface area contributed by atoms with Gasteiger partial charge in [-0.05, 0) is 26.0 Å². The second-order valence-corrected chi connectivity index (χ2v) is 5.86.